The van der Waals surface area contributed by atoms with Gasteiger partial charge in [-0.05, 0) is 43.2 Å². The molecule has 1 unspecified atom stereocenters. The molecule has 3 aliphatic rings. The van der Waals surface area contributed by atoms with Crippen molar-refractivity contribution in [3.63, 3.8) is 0 Å². The second-order valence-electron chi connectivity index (χ2n) is 8.53. The van der Waals surface area contributed by atoms with Crippen molar-refractivity contribution in [3.8, 4) is 11.5 Å². The molecule has 3 heterocycles. The van der Waals surface area contributed by atoms with Gasteiger partial charge in [0.25, 0.3) is 0 Å². The van der Waals surface area contributed by atoms with Gasteiger partial charge in [0.2, 0.25) is 18.6 Å². The first-order valence-corrected chi connectivity index (χ1v) is 10.9. The minimum atomic E-state index is -0.743. The number of fused-ring (bicyclic) bond motifs is 1. The van der Waals surface area contributed by atoms with E-state index in [4.69, 9.17) is 9.47 Å². The van der Waals surface area contributed by atoms with Crippen molar-refractivity contribution in [2.45, 2.75) is 19.3 Å². The molecule has 3 aliphatic heterocycles. The van der Waals surface area contributed by atoms with Crippen molar-refractivity contribution in [1.29, 1.82) is 0 Å². The van der Waals surface area contributed by atoms with Gasteiger partial charge < -0.3 is 19.3 Å². The van der Waals surface area contributed by atoms with Crippen LogP contribution in [0.25, 0.3) is 0 Å². The fourth-order valence-corrected chi connectivity index (χ4v) is 4.70. The van der Waals surface area contributed by atoms with Gasteiger partial charge in [0.05, 0.1) is 11.5 Å². The number of ether oxygens (including phenoxy) is 2. The number of hydrogen-bond donors (Lipinski definition) is 0. The molecule has 33 heavy (non-hydrogen) atoms. The highest BCUT2D eigenvalue weighted by Gasteiger charge is 2.39. The highest BCUT2D eigenvalue weighted by Crippen LogP contribution is 2.37. The fourth-order valence-electron chi connectivity index (χ4n) is 4.70. The molecule has 2 fully saturated rings. The van der Waals surface area contributed by atoms with Gasteiger partial charge in [0, 0.05) is 43.7 Å². The topological polar surface area (TPSA) is 76.2 Å². The first-order chi connectivity index (χ1) is 15.9. The summed E-state index contributed by atoms with van der Waals surface area (Å²) in [6.45, 7) is 1.07. The van der Waals surface area contributed by atoms with Crippen LogP contribution in [0.5, 0.6) is 11.5 Å². The number of nitrogens with zero attached hydrogens (tertiary/aromatic N) is 2. The normalized spacial score (nSPS) is 20.4. The Hall–Kier alpha value is -3.49. The summed E-state index contributed by atoms with van der Waals surface area (Å²) in [5.41, 5.74) is 0.404. The van der Waals surface area contributed by atoms with E-state index < -0.39 is 29.3 Å². The van der Waals surface area contributed by atoms with Gasteiger partial charge >= 0.3 is 0 Å². The molecule has 2 saturated heterocycles. The zero-order chi connectivity index (χ0) is 23.1. The molecule has 2 aromatic rings. The van der Waals surface area contributed by atoms with Gasteiger partial charge in [-0.15, -0.1) is 0 Å². The molecule has 9 heteroatoms. The second kappa shape index (κ2) is 8.46. The number of piperidine rings is 1. The molecule has 0 saturated carbocycles. The van der Waals surface area contributed by atoms with E-state index in [0.717, 1.165) is 18.2 Å². The lowest BCUT2D eigenvalue weighted by Crippen LogP contribution is -2.43. The number of hydrogen-bond acceptors (Lipinski definition) is 5. The number of halogens is 2. The van der Waals surface area contributed by atoms with Crippen LogP contribution in [-0.2, 0) is 9.59 Å². The molecule has 0 N–H and O–H groups in total. The largest absolute Gasteiger partial charge is 0.454 e. The van der Waals surface area contributed by atoms with Crippen molar-refractivity contribution in [2.24, 2.45) is 11.8 Å². The third-order valence-electron chi connectivity index (χ3n) is 6.51. The molecule has 2 amide bonds. The minimum Gasteiger partial charge on any atom is -0.454 e. The van der Waals surface area contributed by atoms with E-state index in [-0.39, 0.29) is 37.1 Å². The lowest BCUT2D eigenvalue weighted by Gasteiger charge is -2.33. The average molecular weight is 456 g/mol. The second-order valence-corrected chi connectivity index (χ2v) is 8.53. The maximum absolute atomic E-state index is 14.0. The maximum Gasteiger partial charge on any atom is 0.231 e. The molecule has 0 bridgehead atoms. The van der Waals surface area contributed by atoms with Crippen molar-refractivity contribution in [2.75, 3.05) is 31.3 Å². The third kappa shape index (κ3) is 4.03. The van der Waals surface area contributed by atoms with Crippen LogP contribution in [0, 0.1) is 23.5 Å². The molecule has 2 aromatic carbocycles. The Labute approximate surface area is 188 Å². The van der Waals surface area contributed by atoms with Crippen LogP contribution in [0.1, 0.15) is 29.6 Å². The Morgan fingerprint density at radius 3 is 2.48 bits per heavy atom. The molecule has 0 aromatic heterocycles. The van der Waals surface area contributed by atoms with Crippen LogP contribution in [0.2, 0.25) is 0 Å². The van der Waals surface area contributed by atoms with E-state index in [9.17, 15) is 23.2 Å². The molecule has 172 valence electrons. The van der Waals surface area contributed by atoms with Gasteiger partial charge in [0.15, 0.2) is 17.3 Å². The molecule has 1 atom stereocenters. The SMILES string of the molecule is O=C(c1cc(F)ccc1F)C1CCN(C(=O)C2CC(=O)N(c3ccc4c(c3)OCO4)C2)CC1. The van der Waals surface area contributed by atoms with Crippen molar-refractivity contribution < 1.29 is 32.6 Å². The number of Topliss-reactive ketones (excluding diaryl/α,β-unsaturated/α-hetero) is 1. The van der Waals surface area contributed by atoms with Crippen LogP contribution < -0.4 is 14.4 Å². The highest BCUT2D eigenvalue weighted by molar-refractivity contribution is 6.01. The van der Waals surface area contributed by atoms with E-state index in [2.05, 4.69) is 0 Å². The van der Waals surface area contributed by atoms with E-state index in [0.29, 0.717) is 43.1 Å². The van der Waals surface area contributed by atoms with Crippen molar-refractivity contribution >= 4 is 23.3 Å². The summed E-state index contributed by atoms with van der Waals surface area (Å²) in [5.74, 6) is -1.88. The predicted octanol–water partition coefficient (Wildman–Crippen LogP) is 3.17. The van der Waals surface area contributed by atoms with E-state index in [1.165, 1.54) is 0 Å². The Bertz CT molecular complexity index is 1130. The number of benzene rings is 2. The number of ketones is 1. The number of amides is 2. The van der Waals surface area contributed by atoms with Crippen LogP contribution in [-0.4, -0.2) is 48.9 Å². The smallest absolute Gasteiger partial charge is 0.231 e. The molecule has 0 aliphatic carbocycles. The summed E-state index contributed by atoms with van der Waals surface area (Å²) in [6, 6.07) is 8.08. The number of anilines is 1. The molecule has 5 rings (SSSR count). The molecule has 0 radical (unpaired) electrons. The Balaban J connectivity index is 1.20. The summed E-state index contributed by atoms with van der Waals surface area (Å²) in [6.07, 6.45) is 0.848. The van der Waals surface area contributed by atoms with E-state index in [1.807, 2.05) is 0 Å². The molecular weight excluding hydrogens is 434 g/mol. The van der Waals surface area contributed by atoms with Crippen LogP contribution in [0.4, 0.5) is 14.5 Å². The van der Waals surface area contributed by atoms with Crippen LogP contribution >= 0.6 is 0 Å². The van der Waals surface area contributed by atoms with Crippen molar-refractivity contribution in [1.82, 2.24) is 4.90 Å². The standard InChI is InChI=1S/C24H22F2N2O5/c25-16-1-3-19(26)18(10-16)23(30)14-5-7-27(8-6-14)24(31)15-9-22(29)28(12-15)17-2-4-20-21(11-17)33-13-32-20/h1-4,10-11,14-15H,5-9,12-13H2. The third-order valence-corrected chi connectivity index (χ3v) is 6.51. The summed E-state index contributed by atoms with van der Waals surface area (Å²) in [5, 5.41) is 0. The van der Waals surface area contributed by atoms with Crippen molar-refractivity contribution in [3.05, 3.63) is 53.6 Å². The lowest BCUT2D eigenvalue weighted by atomic mass is 9.88. The Morgan fingerprint density at radius 1 is 0.939 bits per heavy atom. The summed E-state index contributed by atoms with van der Waals surface area (Å²) in [4.78, 5) is 41.6. The first-order valence-electron chi connectivity index (χ1n) is 10.9. The molecular formula is C24H22F2N2O5. The fraction of sp³-hybridized carbons (Fsp3) is 0.375. The van der Waals surface area contributed by atoms with Crippen LogP contribution in [0.3, 0.4) is 0 Å². The molecule has 7 nitrogen and oxygen atoms in total. The molecule has 0 spiro atoms. The maximum atomic E-state index is 14.0. The van der Waals surface area contributed by atoms with Gasteiger partial charge in [0.1, 0.15) is 11.6 Å². The van der Waals surface area contributed by atoms with E-state index >= 15 is 0 Å². The monoisotopic (exact) mass is 456 g/mol. The van der Waals surface area contributed by atoms with Gasteiger partial charge in [-0.3, -0.25) is 14.4 Å². The number of rotatable bonds is 4. The van der Waals surface area contributed by atoms with E-state index in [1.54, 1.807) is 28.0 Å². The quantitative estimate of drug-likeness (QED) is 0.661. The van der Waals surface area contributed by atoms with Gasteiger partial charge in [-0.1, -0.05) is 0 Å². The first kappa shape index (κ1) is 21.4. The summed E-state index contributed by atoms with van der Waals surface area (Å²) in [7, 11) is 0. The average Bonchev–Trinajstić information content (AvgIpc) is 3.45. The predicted molar refractivity (Wildman–Crippen MR) is 113 cm³/mol. The Kier molecular flexibility index (Phi) is 5.47. The minimum absolute atomic E-state index is 0.112. The zero-order valence-corrected chi connectivity index (χ0v) is 17.8. The lowest BCUT2D eigenvalue weighted by molar-refractivity contribution is -0.137. The number of carbonyl (C=O) groups is 3. The van der Waals surface area contributed by atoms with Crippen LogP contribution in [0.15, 0.2) is 36.4 Å². The number of carbonyl (C=O) groups excluding carboxylic acids is 3. The van der Waals surface area contributed by atoms with Gasteiger partial charge in [-0.25, -0.2) is 8.78 Å². The zero-order valence-electron chi connectivity index (χ0n) is 17.8. The van der Waals surface area contributed by atoms with Gasteiger partial charge in [-0.2, -0.15) is 0 Å². The number of likely N-dealkylation sites (tertiary alicyclic amines) is 1. The highest BCUT2D eigenvalue weighted by atomic mass is 19.1. The Morgan fingerprint density at radius 2 is 1.70 bits per heavy atom. The summed E-state index contributed by atoms with van der Waals surface area (Å²) >= 11 is 0. The summed E-state index contributed by atoms with van der Waals surface area (Å²) < 4.78 is 38.1.